The highest BCUT2D eigenvalue weighted by Gasteiger charge is 2.13. The summed E-state index contributed by atoms with van der Waals surface area (Å²) >= 11 is 11.9. The summed E-state index contributed by atoms with van der Waals surface area (Å²) in [5, 5.41) is 7.44. The molecule has 0 fully saturated rings. The van der Waals surface area contributed by atoms with Gasteiger partial charge in [-0.2, -0.15) is 5.10 Å². The number of hydrogen-bond acceptors (Lipinski definition) is 2. The van der Waals surface area contributed by atoms with Crippen LogP contribution in [0.15, 0.2) is 54.7 Å². The van der Waals surface area contributed by atoms with Crippen molar-refractivity contribution < 1.29 is 9.18 Å². The smallest absolute Gasteiger partial charge is 0.258 e. The Morgan fingerprint density at radius 3 is 2.62 bits per heavy atom. The Morgan fingerprint density at radius 2 is 1.88 bits per heavy atom. The average molecular weight is 364 g/mol. The molecule has 1 N–H and O–H groups in total. The van der Waals surface area contributed by atoms with Crippen LogP contribution in [0.2, 0.25) is 10.0 Å². The van der Waals surface area contributed by atoms with Gasteiger partial charge >= 0.3 is 0 Å². The van der Waals surface area contributed by atoms with Crippen molar-refractivity contribution in [2.45, 2.75) is 6.54 Å². The van der Waals surface area contributed by atoms with E-state index in [1.165, 1.54) is 12.1 Å². The van der Waals surface area contributed by atoms with Gasteiger partial charge in [0.25, 0.3) is 5.91 Å². The third-order valence-electron chi connectivity index (χ3n) is 3.34. The third kappa shape index (κ3) is 3.75. The lowest BCUT2D eigenvalue weighted by Crippen LogP contribution is -2.13. The summed E-state index contributed by atoms with van der Waals surface area (Å²) in [6.45, 7) is 0.466. The van der Waals surface area contributed by atoms with Crippen molar-refractivity contribution in [3.05, 3.63) is 81.7 Å². The molecule has 3 aromatic rings. The first-order valence-electron chi connectivity index (χ1n) is 7.06. The van der Waals surface area contributed by atoms with Crippen LogP contribution in [0.25, 0.3) is 0 Å². The van der Waals surface area contributed by atoms with E-state index in [1.807, 2.05) is 0 Å². The molecule has 7 heteroatoms. The summed E-state index contributed by atoms with van der Waals surface area (Å²) in [6.07, 6.45) is 1.72. The van der Waals surface area contributed by atoms with Gasteiger partial charge in [0.15, 0.2) is 5.82 Å². The van der Waals surface area contributed by atoms with E-state index in [4.69, 9.17) is 23.2 Å². The average Bonchev–Trinajstić information content (AvgIpc) is 2.99. The number of benzene rings is 2. The number of nitrogens with zero attached hydrogens (tertiary/aromatic N) is 2. The highest BCUT2D eigenvalue weighted by atomic mass is 35.5. The lowest BCUT2D eigenvalue weighted by molar-refractivity contribution is 0.102. The summed E-state index contributed by atoms with van der Waals surface area (Å²) in [6, 6.07) is 12.7. The number of halogens is 3. The predicted octanol–water partition coefficient (Wildman–Crippen LogP) is 4.63. The topological polar surface area (TPSA) is 46.9 Å². The molecule has 0 bridgehead atoms. The lowest BCUT2D eigenvalue weighted by Gasteiger charge is -2.05. The molecule has 4 nitrogen and oxygen atoms in total. The van der Waals surface area contributed by atoms with E-state index in [-0.39, 0.29) is 16.4 Å². The number of carbonyl (C=O) groups excluding carboxylic acids is 1. The number of rotatable bonds is 4. The molecule has 2 aromatic carbocycles. The van der Waals surface area contributed by atoms with Gasteiger partial charge in [0, 0.05) is 12.3 Å². The zero-order valence-electron chi connectivity index (χ0n) is 12.3. The normalized spacial score (nSPS) is 10.6. The van der Waals surface area contributed by atoms with Crippen molar-refractivity contribution in [1.82, 2.24) is 9.78 Å². The second kappa shape index (κ2) is 7.03. The van der Waals surface area contributed by atoms with Gasteiger partial charge in [-0.15, -0.1) is 0 Å². The van der Waals surface area contributed by atoms with E-state index in [2.05, 4.69) is 10.4 Å². The van der Waals surface area contributed by atoms with Crippen molar-refractivity contribution in [2.24, 2.45) is 0 Å². The fraction of sp³-hybridized carbons (Fsp3) is 0.0588. The first kappa shape index (κ1) is 16.5. The monoisotopic (exact) mass is 363 g/mol. The molecule has 1 aromatic heterocycles. The molecule has 0 aliphatic carbocycles. The highest BCUT2D eigenvalue weighted by molar-refractivity contribution is 6.44. The highest BCUT2D eigenvalue weighted by Crippen LogP contribution is 2.26. The molecular formula is C17H12Cl2FN3O. The summed E-state index contributed by atoms with van der Waals surface area (Å²) in [5.41, 5.74) is 1.17. The lowest BCUT2D eigenvalue weighted by atomic mass is 10.2. The van der Waals surface area contributed by atoms with E-state index in [0.717, 1.165) is 5.56 Å². The van der Waals surface area contributed by atoms with Gasteiger partial charge in [-0.05, 0) is 29.8 Å². The molecule has 0 radical (unpaired) electrons. The van der Waals surface area contributed by atoms with Gasteiger partial charge in [-0.3, -0.25) is 9.48 Å². The van der Waals surface area contributed by atoms with Crippen LogP contribution >= 0.6 is 23.2 Å². The van der Waals surface area contributed by atoms with Crippen molar-refractivity contribution >= 4 is 34.9 Å². The maximum atomic E-state index is 12.9. The molecule has 24 heavy (non-hydrogen) atoms. The first-order chi connectivity index (χ1) is 11.5. The first-order valence-corrected chi connectivity index (χ1v) is 7.82. The van der Waals surface area contributed by atoms with Gasteiger partial charge in [0.1, 0.15) is 5.82 Å². The molecule has 0 saturated carbocycles. The standard InChI is InChI=1S/C17H12Cl2FN3O/c18-14-3-1-2-13(16(14)19)17(24)21-15-8-9-23(22-15)10-11-4-6-12(20)7-5-11/h1-9H,10H2,(H,21,22,24). The van der Waals surface area contributed by atoms with Crippen LogP contribution in [-0.2, 0) is 6.54 Å². The Morgan fingerprint density at radius 1 is 1.12 bits per heavy atom. The Kier molecular flexibility index (Phi) is 4.83. The number of aromatic nitrogens is 2. The third-order valence-corrected chi connectivity index (χ3v) is 4.16. The van der Waals surface area contributed by atoms with Crippen molar-refractivity contribution in [2.75, 3.05) is 5.32 Å². The number of amides is 1. The predicted molar refractivity (Wildman–Crippen MR) is 92.1 cm³/mol. The summed E-state index contributed by atoms with van der Waals surface area (Å²) < 4.78 is 14.5. The quantitative estimate of drug-likeness (QED) is 0.734. The fourth-order valence-corrected chi connectivity index (χ4v) is 2.54. The second-order valence-electron chi connectivity index (χ2n) is 5.08. The van der Waals surface area contributed by atoms with Gasteiger partial charge in [0.05, 0.1) is 22.2 Å². The Balaban J connectivity index is 1.70. The Hall–Kier alpha value is -2.37. The Bertz CT molecular complexity index is 878. The number of carbonyl (C=O) groups is 1. The molecule has 0 unspecified atom stereocenters. The van der Waals surface area contributed by atoms with E-state index in [9.17, 15) is 9.18 Å². The minimum atomic E-state index is -0.394. The maximum absolute atomic E-state index is 12.9. The molecule has 122 valence electrons. The van der Waals surface area contributed by atoms with Gasteiger partial charge in [-0.1, -0.05) is 41.4 Å². The molecule has 0 saturated heterocycles. The minimum Gasteiger partial charge on any atom is -0.305 e. The van der Waals surface area contributed by atoms with Crippen LogP contribution < -0.4 is 5.32 Å². The van der Waals surface area contributed by atoms with Gasteiger partial charge in [-0.25, -0.2) is 4.39 Å². The zero-order chi connectivity index (χ0) is 17.1. The number of nitrogens with one attached hydrogen (secondary N) is 1. The maximum Gasteiger partial charge on any atom is 0.258 e. The number of anilines is 1. The molecule has 0 aliphatic heterocycles. The Labute approximate surface area is 147 Å². The zero-order valence-corrected chi connectivity index (χ0v) is 13.9. The van der Waals surface area contributed by atoms with E-state index < -0.39 is 5.91 Å². The van der Waals surface area contributed by atoms with Gasteiger partial charge < -0.3 is 5.32 Å². The van der Waals surface area contributed by atoms with E-state index in [0.29, 0.717) is 17.4 Å². The molecule has 0 atom stereocenters. The van der Waals surface area contributed by atoms with E-state index in [1.54, 1.807) is 47.3 Å². The minimum absolute atomic E-state index is 0.197. The van der Waals surface area contributed by atoms with E-state index >= 15 is 0 Å². The summed E-state index contributed by atoms with van der Waals surface area (Å²) in [5.74, 6) is -0.293. The fourth-order valence-electron chi connectivity index (χ4n) is 2.16. The van der Waals surface area contributed by atoms with Crippen molar-refractivity contribution in [3.8, 4) is 0 Å². The van der Waals surface area contributed by atoms with Crippen LogP contribution in [0.5, 0.6) is 0 Å². The molecule has 3 rings (SSSR count). The van der Waals surface area contributed by atoms with Crippen LogP contribution in [0.1, 0.15) is 15.9 Å². The largest absolute Gasteiger partial charge is 0.305 e. The van der Waals surface area contributed by atoms with Crippen LogP contribution in [0.3, 0.4) is 0 Å². The van der Waals surface area contributed by atoms with Crippen molar-refractivity contribution in [1.29, 1.82) is 0 Å². The van der Waals surface area contributed by atoms with Crippen molar-refractivity contribution in [3.63, 3.8) is 0 Å². The van der Waals surface area contributed by atoms with Crippen LogP contribution in [0, 0.1) is 5.82 Å². The summed E-state index contributed by atoms with van der Waals surface area (Å²) in [7, 11) is 0. The van der Waals surface area contributed by atoms with Crippen LogP contribution in [-0.4, -0.2) is 15.7 Å². The SMILES string of the molecule is O=C(Nc1ccn(Cc2ccc(F)cc2)n1)c1cccc(Cl)c1Cl. The van der Waals surface area contributed by atoms with Crippen LogP contribution in [0.4, 0.5) is 10.2 Å². The summed E-state index contributed by atoms with van der Waals surface area (Å²) in [4.78, 5) is 12.2. The second-order valence-corrected chi connectivity index (χ2v) is 5.87. The van der Waals surface area contributed by atoms with Gasteiger partial charge in [0.2, 0.25) is 0 Å². The molecule has 0 aliphatic rings. The molecular weight excluding hydrogens is 352 g/mol. The molecule has 0 spiro atoms. The molecule has 1 heterocycles. The number of hydrogen-bond donors (Lipinski definition) is 1. The molecule has 1 amide bonds.